The number of benzene rings is 3. The number of carbonyl (C=O) groups excluding carboxylic acids is 1. The van der Waals surface area contributed by atoms with E-state index in [9.17, 15) is 4.79 Å². The molecule has 31 heavy (non-hydrogen) atoms. The van der Waals surface area contributed by atoms with Crippen LogP contribution in [0.4, 0.5) is 5.69 Å². The number of nitrogens with zero attached hydrogens (tertiary/aromatic N) is 1. The van der Waals surface area contributed by atoms with Crippen LogP contribution in [0.15, 0.2) is 66.7 Å². The van der Waals surface area contributed by atoms with Crippen LogP contribution in [-0.4, -0.2) is 35.2 Å². The standard InChI is InChI=1S/C23H20N4O3S/c1-29-18-8-5-9-19(30-2)20(18)22(28)27-23(31)24-15-12-10-14(11-13-15)21-25-16-6-3-4-7-17(16)26-21/h3-13H,1-2H3,(H,25,26)(H2,24,27,28,31). The molecule has 4 rings (SSSR count). The number of methoxy groups -OCH3 is 2. The van der Waals surface area contributed by atoms with E-state index in [0.717, 1.165) is 28.1 Å². The Morgan fingerprint density at radius 2 is 1.61 bits per heavy atom. The highest BCUT2D eigenvalue weighted by Crippen LogP contribution is 2.28. The first-order valence-electron chi connectivity index (χ1n) is 9.47. The summed E-state index contributed by atoms with van der Waals surface area (Å²) in [6, 6.07) is 20.6. The third-order valence-corrected chi connectivity index (χ3v) is 4.89. The molecule has 0 radical (unpaired) electrons. The SMILES string of the molecule is COc1cccc(OC)c1C(=O)NC(=S)Nc1ccc(-c2nc3ccccc3[nH]2)cc1. The fourth-order valence-electron chi connectivity index (χ4n) is 3.20. The number of ether oxygens (including phenoxy) is 2. The third kappa shape index (κ3) is 4.34. The predicted octanol–water partition coefficient (Wildman–Crippen LogP) is 4.37. The second kappa shape index (κ2) is 8.85. The first-order chi connectivity index (χ1) is 15.1. The van der Waals surface area contributed by atoms with E-state index < -0.39 is 5.91 Å². The van der Waals surface area contributed by atoms with Gasteiger partial charge in [-0.2, -0.15) is 0 Å². The molecule has 0 aliphatic carbocycles. The molecule has 0 fully saturated rings. The summed E-state index contributed by atoms with van der Waals surface area (Å²) in [6.45, 7) is 0. The number of hydrogen-bond acceptors (Lipinski definition) is 5. The molecule has 1 aromatic heterocycles. The highest BCUT2D eigenvalue weighted by Gasteiger charge is 2.19. The van der Waals surface area contributed by atoms with Gasteiger partial charge in [0, 0.05) is 11.3 Å². The van der Waals surface area contributed by atoms with Gasteiger partial charge in [-0.1, -0.05) is 18.2 Å². The van der Waals surface area contributed by atoms with Gasteiger partial charge in [-0.15, -0.1) is 0 Å². The van der Waals surface area contributed by atoms with Crippen LogP contribution in [-0.2, 0) is 0 Å². The van der Waals surface area contributed by atoms with E-state index in [2.05, 4.69) is 20.6 Å². The van der Waals surface area contributed by atoms with Crippen molar-refractivity contribution in [1.29, 1.82) is 0 Å². The quantitative estimate of drug-likeness (QED) is 0.406. The van der Waals surface area contributed by atoms with Crippen LogP contribution in [0.5, 0.6) is 11.5 Å². The Hall–Kier alpha value is -3.91. The molecular formula is C23H20N4O3S. The second-order valence-corrected chi connectivity index (χ2v) is 7.03. The number of amides is 1. The van der Waals surface area contributed by atoms with E-state index in [-0.39, 0.29) is 10.7 Å². The Kier molecular flexibility index (Phi) is 5.81. The normalized spacial score (nSPS) is 10.5. The fourth-order valence-corrected chi connectivity index (χ4v) is 3.41. The van der Waals surface area contributed by atoms with Crippen LogP contribution in [0, 0.1) is 0 Å². The highest BCUT2D eigenvalue weighted by atomic mass is 32.1. The minimum absolute atomic E-state index is 0.162. The van der Waals surface area contributed by atoms with E-state index >= 15 is 0 Å². The number of aromatic nitrogens is 2. The second-order valence-electron chi connectivity index (χ2n) is 6.63. The number of para-hydroxylation sites is 2. The lowest BCUT2D eigenvalue weighted by Gasteiger charge is -2.14. The van der Waals surface area contributed by atoms with Gasteiger partial charge in [0.25, 0.3) is 5.91 Å². The van der Waals surface area contributed by atoms with Crippen molar-refractivity contribution in [3.8, 4) is 22.9 Å². The molecule has 0 bridgehead atoms. The number of carbonyl (C=O) groups is 1. The maximum absolute atomic E-state index is 12.7. The molecule has 3 aromatic carbocycles. The van der Waals surface area contributed by atoms with Crippen molar-refractivity contribution in [2.24, 2.45) is 0 Å². The summed E-state index contributed by atoms with van der Waals surface area (Å²) in [4.78, 5) is 20.6. The van der Waals surface area contributed by atoms with Gasteiger partial charge >= 0.3 is 0 Å². The van der Waals surface area contributed by atoms with Gasteiger partial charge in [0.1, 0.15) is 22.9 Å². The molecule has 7 nitrogen and oxygen atoms in total. The molecule has 0 saturated carbocycles. The van der Waals surface area contributed by atoms with Crippen LogP contribution >= 0.6 is 12.2 Å². The molecule has 0 aliphatic rings. The van der Waals surface area contributed by atoms with E-state index in [1.54, 1.807) is 18.2 Å². The Bertz CT molecular complexity index is 1200. The minimum Gasteiger partial charge on any atom is -0.496 e. The molecule has 3 N–H and O–H groups in total. The minimum atomic E-state index is -0.425. The fraction of sp³-hybridized carbons (Fsp3) is 0.0870. The summed E-state index contributed by atoms with van der Waals surface area (Å²) >= 11 is 5.30. The lowest BCUT2D eigenvalue weighted by atomic mass is 10.1. The Balaban J connectivity index is 1.45. The molecule has 0 saturated heterocycles. The van der Waals surface area contributed by atoms with Crippen molar-refractivity contribution >= 4 is 40.0 Å². The predicted molar refractivity (Wildman–Crippen MR) is 125 cm³/mol. The van der Waals surface area contributed by atoms with Gasteiger partial charge < -0.3 is 19.8 Å². The summed E-state index contributed by atoms with van der Waals surface area (Å²) in [5, 5.41) is 5.83. The van der Waals surface area contributed by atoms with Gasteiger partial charge in [-0.05, 0) is 60.7 Å². The van der Waals surface area contributed by atoms with Gasteiger partial charge in [-0.3, -0.25) is 10.1 Å². The van der Waals surface area contributed by atoms with Gasteiger partial charge in [-0.25, -0.2) is 4.98 Å². The maximum atomic E-state index is 12.7. The van der Waals surface area contributed by atoms with E-state index in [1.165, 1.54) is 14.2 Å². The van der Waals surface area contributed by atoms with Gasteiger partial charge in [0.05, 0.1) is 25.3 Å². The van der Waals surface area contributed by atoms with Crippen LogP contribution in [0.1, 0.15) is 10.4 Å². The van der Waals surface area contributed by atoms with Crippen LogP contribution in [0.2, 0.25) is 0 Å². The number of thiocarbonyl (C=S) groups is 1. The van der Waals surface area contributed by atoms with E-state index in [0.29, 0.717) is 11.5 Å². The topological polar surface area (TPSA) is 88.3 Å². The van der Waals surface area contributed by atoms with Crippen molar-refractivity contribution < 1.29 is 14.3 Å². The molecule has 4 aromatic rings. The first-order valence-corrected chi connectivity index (χ1v) is 9.88. The molecule has 0 unspecified atom stereocenters. The first kappa shape index (κ1) is 20.4. The summed E-state index contributed by atoms with van der Waals surface area (Å²) in [6.07, 6.45) is 0. The molecule has 1 heterocycles. The number of anilines is 1. The van der Waals surface area contributed by atoms with Crippen molar-refractivity contribution in [1.82, 2.24) is 15.3 Å². The Morgan fingerprint density at radius 1 is 0.935 bits per heavy atom. The summed E-state index contributed by atoms with van der Waals surface area (Å²) < 4.78 is 10.5. The van der Waals surface area contributed by atoms with Crippen molar-refractivity contribution in [2.75, 3.05) is 19.5 Å². The van der Waals surface area contributed by atoms with Crippen LogP contribution in [0.3, 0.4) is 0 Å². The molecule has 156 valence electrons. The molecule has 1 amide bonds. The Morgan fingerprint density at radius 3 is 2.26 bits per heavy atom. The number of rotatable bonds is 5. The number of nitrogens with one attached hydrogen (secondary N) is 3. The van der Waals surface area contributed by atoms with E-state index in [1.807, 2.05) is 48.5 Å². The monoisotopic (exact) mass is 432 g/mol. The third-order valence-electron chi connectivity index (χ3n) is 4.69. The highest BCUT2D eigenvalue weighted by molar-refractivity contribution is 7.80. The average molecular weight is 433 g/mol. The van der Waals surface area contributed by atoms with Gasteiger partial charge in [0.2, 0.25) is 0 Å². The molecule has 0 atom stereocenters. The Labute approximate surface area is 184 Å². The number of H-pyrrole nitrogens is 1. The molecule has 0 spiro atoms. The maximum Gasteiger partial charge on any atom is 0.264 e. The average Bonchev–Trinajstić information content (AvgIpc) is 3.23. The zero-order chi connectivity index (χ0) is 21.8. The van der Waals surface area contributed by atoms with Crippen molar-refractivity contribution in [2.45, 2.75) is 0 Å². The van der Waals surface area contributed by atoms with Crippen molar-refractivity contribution in [3.05, 3.63) is 72.3 Å². The largest absolute Gasteiger partial charge is 0.496 e. The summed E-state index contributed by atoms with van der Waals surface area (Å²) in [7, 11) is 2.98. The summed E-state index contributed by atoms with van der Waals surface area (Å²) in [5.41, 5.74) is 3.84. The molecule has 8 heteroatoms. The summed E-state index contributed by atoms with van der Waals surface area (Å²) in [5.74, 6) is 1.15. The van der Waals surface area contributed by atoms with Crippen LogP contribution in [0.25, 0.3) is 22.4 Å². The smallest absolute Gasteiger partial charge is 0.264 e. The number of aromatic amines is 1. The van der Waals surface area contributed by atoms with Crippen LogP contribution < -0.4 is 20.1 Å². The molecular weight excluding hydrogens is 412 g/mol. The lowest BCUT2D eigenvalue weighted by molar-refractivity contribution is 0.0971. The molecule has 0 aliphatic heterocycles. The van der Waals surface area contributed by atoms with E-state index in [4.69, 9.17) is 21.7 Å². The zero-order valence-electron chi connectivity index (χ0n) is 16.9. The number of imidazole rings is 1. The van der Waals surface area contributed by atoms with Gasteiger partial charge in [0.15, 0.2) is 5.11 Å². The lowest BCUT2D eigenvalue weighted by Crippen LogP contribution is -2.34. The van der Waals surface area contributed by atoms with Crippen molar-refractivity contribution in [3.63, 3.8) is 0 Å². The zero-order valence-corrected chi connectivity index (χ0v) is 17.7. The number of fused-ring (bicyclic) bond motifs is 1. The number of hydrogen-bond donors (Lipinski definition) is 3.